The minimum absolute atomic E-state index is 0.0110. The van der Waals surface area contributed by atoms with Crippen LogP contribution < -0.4 is 5.32 Å². The lowest BCUT2D eigenvalue weighted by atomic mass is 10.1. The zero-order chi connectivity index (χ0) is 13.4. The molecule has 0 heterocycles. The molecule has 1 rings (SSSR count). The molecule has 0 aromatic carbocycles. The second-order valence-electron chi connectivity index (χ2n) is 4.31. The molecule has 6 nitrogen and oxygen atoms in total. The highest BCUT2D eigenvalue weighted by atomic mass is 16.5. The van der Waals surface area contributed by atoms with Gasteiger partial charge in [0.2, 0.25) is 5.91 Å². The molecule has 1 atom stereocenters. The van der Waals surface area contributed by atoms with Crippen molar-refractivity contribution in [1.29, 1.82) is 0 Å². The second kappa shape index (κ2) is 7.81. The predicted molar refractivity (Wildman–Crippen MR) is 63.0 cm³/mol. The standard InChI is InChI=1S/C12H19NO5/c14-10-4-1-3-9(10)12(17)13-6-2-7-18-8-5-11(15)16/h9H,1-8H2,(H,13,17)(H,15,16)/t9-/m1/s1. The Morgan fingerprint density at radius 2 is 2.17 bits per heavy atom. The largest absolute Gasteiger partial charge is 0.481 e. The number of carboxylic acids is 1. The minimum atomic E-state index is -0.886. The molecule has 1 saturated carbocycles. The molecule has 18 heavy (non-hydrogen) atoms. The first-order valence-corrected chi connectivity index (χ1v) is 6.21. The first-order chi connectivity index (χ1) is 8.61. The monoisotopic (exact) mass is 257 g/mol. The van der Waals surface area contributed by atoms with Crippen LogP contribution in [-0.2, 0) is 19.1 Å². The van der Waals surface area contributed by atoms with Crippen LogP contribution in [0.25, 0.3) is 0 Å². The minimum Gasteiger partial charge on any atom is -0.481 e. The predicted octanol–water partition coefficient (Wildman–Crippen LogP) is 0.353. The van der Waals surface area contributed by atoms with E-state index in [1.165, 1.54) is 0 Å². The maximum absolute atomic E-state index is 11.6. The van der Waals surface area contributed by atoms with Crippen molar-refractivity contribution in [1.82, 2.24) is 5.32 Å². The van der Waals surface area contributed by atoms with Gasteiger partial charge in [-0.2, -0.15) is 0 Å². The Kier molecular flexibility index (Phi) is 6.35. The molecule has 0 bridgehead atoms. The molecule has 1 aliphatic carbocycles. The van der Waals surface area contributed by atoms with Gasteiger partial charge in [-0.15, -0.1) is 0 Å². The van der Waals surface area contributed by atoms with Crippen LogP contribution in [0.5, 0.6) is 0 Å². The quantitative estimate of drug-likeness (QED) is 0.483. The molecule has 6 heteroatoms. The van der Waals surface area contributed by atoms with E-state index in [1.807, 2.05) is 0 Å². The SMILES string of the molecule is O=C(O)CCOCCCNC(=O)[C@@H]1CCCC1=O. The van der Waals surface area contributed by atoms with Crippen LogP contribution in [0.3, 0.4) is 0 Å². The van der Waals surface area contributed by atoms with Gasteiger partial charge in [0, 0.05) is 19.6 Å². The average Bonchev–Trinajstić information content (AvgIpc) is 2.73. The molecule has 1 aliphatic rings. The van der Waals surface area contributed by atoms with Crippen LogP contribution in [0.15, 0.2) is 0 Å². The van der Waals surface area contributed by atoms with Crippen molar-refractivity contribution in [3.63, 3.8) is 0 Å². The number of carbonyl (C=O) groups excluding carboxylic acids is 2. The summed E-state index contributed by atoms with van der Waals surface area (Å²) in [5.74, 6) is -1.51. The highest BCUT2D eigenvalue weighted by Gasteiger charge is 2.30. The topological polar surface area (TPSA) is 92.7 Å². The summed E-state index contributed by atoms with van der Waals surface area (Å²) in [6, 6.07) is 0. The molecule has 1 amide bonds. The number of carboxylic acid groups (broad SMARTS) is 1. The Morgan fingerprint density at radius 1 is 1.39 bits per heavy atom. The molecule has 0 aromatic rings. The van der Waals surface area contributed by atoms with E-state index in [1.54, 1.807) is 0 Å². The van der Waals surface area contributed by atoms with E-state index < -0.39 is 11.9 Å². The molecule has 0 spiro atoms. The molecule has 0 aromatic heterocycles. The molecule has 1 fully saturated rings. The zero-order valence-electron chi connectivity index (χ0n) is 10.3. The lowest BCUT2D eigenvalue weighted by Crippen LogP contribution is -2.33. The Bertz CT molecular complexity index is 316. The Balaban J connectivity index is 1.99. The summed E-state index contributed by atoms with van der Waals surface area (Å²) in [5.41, 5.74) is 0. The molecular weight excluding hydrogens is 238 g/mol. The smallest absolute Gasteiger partial charge is 0.305 e. The first-order valence-electron chi connectivity index (χ1n) is 6.21. The van der Waals surface area contributed by atoms with E-state index in [9.17, 15) is 14.4 Å². The number of amides is 1. The van der Waals surface area contributed by atoms with Crippen molar-refractivity contribution in [2.75, 3.05) is 19.8 Å². The van der Waals surface area contributed by atoms with Gasteiger partial charge in [-0.25, -0.2) is 0 Å². The number of nitrogens with one attached hydrogen (secondary N) is 1. The number of aliphatic carboxylic acids is 1. The number of rotatable bonds is 8. The molecule has 0 radical (unpaired) electrons. The van der Waals surface area contributed by atoms with E-state index in [0.717, 1.165) is 6.42 Å². The third-order valence-electron chi connectivity index (χ3n) is 2.85. The first kappa shape index (κ1) is 14.6. The van der Waals surface area contributed by atoms with E-state index in [0.29, 0.717) is 32.4 Å². The van der Waals surface area contributed by atoms with Crippen LogP contribution in [0.1, 0.15) is 32.1 Å². The Labute approximate surface area is 106 Å². The van der Waals surface area contributed by atoms with E-state index in [-0.39, 0.29) is 24.7 Å². The summed E-state index contributed by atoms with van der Waals surface area (Å²) in [6.07, 6.45) is 2.57. The van der Waals surface area contributed by atoms with Crippen molar-refractivity contribution < 1.29 is 24.2 Å². The maximum atomic E-state index is 11.6. The molecule has 0 unspecified atom stereocenters. The number of hydrogen-bond acceptors (Lipinski definition) is 4. The van der Waals surface area contributed by atoms with Crippen molar-refractivity contribution >= 4 is 17.7 Å². The fraction of sp³-hybridized carbons (Fsp3) is 0.750. The summed E-state index contributed by atoms with van der Waals surface area (Å²) < 4.78 is 5.07. The zero-order valence-corrected chi connectivity index (χ0v) is 10.3. The van der Waals surface area contributed by atoms with Crippen molar-refractivity contribution in [2.45, 2.75) is 32.1 Å². The molecular formula is C12H19NO5. The normalized spacial score (nSPS) is 18.9. The van der Waals surface area contributed by atoms with Gasteiger partial charge in [0.25, 0.3) is 0 Å². The number of ether oxygens (including phenoxy) is 1. The van der Waals surface area contributed by atoms with Gasteiger partial charge >= 0.3 is 5.97 Å². The van der Waals surface area contributed by atoms with E-state index in [2.05, 4.69) is 5.32 Å². The highest BCUT2D eigenvalue weighted by Crippen LogP contribution is 2.21. The third-order valence-corrected chi connectivity index (χ3v) is 2.85. The van der Waals surface area contributed by atoms with Gasteiger partial charge < -0.3 is 15.2 Å². The number of ketones is 1. The van der Waals surface area contributed by atoms with Crippen LogP contribution in [0.4, 0.5) is 0 Å². The molecule has 102 valence electrons. The van der Waals surface area contributed by atoms with Crippen LogP contribution in [0, 0.1) is 5.92 Å². The lowest BCUT2D eigenvalue weighted by molar-refractivity contribution is -0.138. The van der Waals surface area contributed by atoms with Crippen molar-refractivity contribution in [3.8, 4) is 0 Å². The van der Waals surface area contributed by atoms with Gasteiger partial charge in [-0.1, -0.05) is 0 Å². The molecule has 0 aliphatic heterocycles. The van der Waals surface area contributed by atoms with Gasteiger partial charge in [-0.05, 0) is 19.3 Å². The van der Waals surface area contributed by atoms with Gasteiger partial charge in [0.15, 0.2) is 0 Å². The number of carbonyl (C=O) groups is 3. The van der Waals surface area contributed by atoms with Crippen molar-refractivity contribution in [2.24, 2.45) is 5.92 Å². The number of Topliss-reactive ketones (excluding diaryl/α,β-unsaturated/α-hetero) is 1. The maximum Gasteiger partial charge on any atom is 0.305 e. The highest BCUT2D eigenvalue weighted by molar-refractivity contribution is 6.02. The Morgan fingerprint density at radius 3 is 2.78 bits per heavy atom. The second-order valence-corrected chi connectivity index (χ2v) is 4.31. The summed E-state index contributed by atoms with van der Waals surface area (Å²) in [7, 11) is 0. The third kappa shape index (κ3) is 5.27. The molecule has 0 saturated heterocycles. The van der Waals surface area contributed by atoms with Gasteiger partial charge in [0.05, 0.1) is 18.9 Å². The summed E-state index contributed by atoms with van der Waals surface area (Å²) in [6.45, 7) is 1.05. The fourth-order valence-corrected chi connectivity index (χ4v) is 1.86. The number of hydrogen-bond donors (Lipinski definition) is 2. The molecule has 2 N–H and O–H groups in total. The summed E-state index contributed by atoms with van der Waals surface area (Å²) in [4.78, 5) is 33.1. The Hall–Kier alpha value is -1.43. The summed E-state index contributed by atoms with van der Waals surface area (Å²) >= 11 is 0. The lowest BCUT2D eigenvalue weighted by Gasteiger charge is -2.09. The summed E-state index contributed by atoms with van der Waals surface area (Å²) in [5, 5.41) is 11.1. The fourth-order valence-electron chi connectivity index (χ4n) is 1.86. The average molecular weight is 257 g/mol. The van der Waals surface area contributed by atoms with Crippen molar-refractivity contribution in [3.05, 3.63) is 0 Å². The van der Waals surface area contributed by atoms with Crippen LogP contribution in [0.2, 0.25) is 0 Å². The van der Waals surface area contributed by atoms with Gasteiger partial charge in [0.1, 0.15) is 5.78 Å². The van der Waals surface area contributed by atoms with E-state index in [4.69, 9.17) is 9.84 Å². The van der Waals surface area contributed by atoms with Gasteiger partial charge in [-0.3, -0.25) is 14.4 Å². The van der Waals surface area contributed by atoms with Crippen LogP contribution in [-0.4, -0.2) is 42.5 Å². The van der Waals surface area contributed by atoms with E-state index >= 15 is 0 Å². The van der Waals surface area contributed by atoms with Crippen LogP contribution >= 0.6 is 0 Å².